The van der Waals surface area contributed by atoms with E-state index in [9.17, 15) is 4.79 Å². The van der Waals surface area contributed by atoms with Crippen molar-refractivity contribution >= 4 is 11.6 Å². The summed E-state index contributed by atoms with van der Waals surface area (Å²) in [7, 11) is 0. The number of anilines is 1. The van der Waals surface area contributed by atoms with Crippen LogP contribution in [-0.2, 0) is 4.74 Å². The molecule has 2 aromatic rings. The first-order valence-corrected chi connectivity index (χ1v) is 9.34. The third-order valence-electron chi connectivity index (χ3n) is 4.91. The lowest BCUT2D eigenvalue weighted by molar-refractivity contribution is 0.0938. The summed E-state index contributed by atoms with van der Waals surface area (Å²) in [6, 6.07) is 13.4. The van der Waals surface area contributed by atoms with Gasteiger partial charge in [0.1, 0.15) is 13.2 Å². The molecular formula is C21H24N2O4. The molecule has 142 valence electrons. The maximum Gasteiger partial charge on any atom is 0.253 e. The maximum atomic E-state index is 13.0. The quantitative estimate of drug-likeness (QED) is 0.899. The number of carbonyl (C=O) groups is 1. The van der Waals surface area contributed by atoms with Gasteiger partial charge in [0, 0.05) is 18.8 Å². The maximum absolute atomic E-state index is 13.0. The number of benzene rings is 2. The summed E-state index contributed by atoms with van der Waals surface area (Å²) in [5.74, 6) is 1.40. The molecule has 1 fully saturated rings. The topological polar surface area (TPSA) is 60.0 Å². The van der Waals surface area contributed by atoms with E-state index in [1.54, 1.807) is 0 Å². The van der Waals surface area contributed by atoms with Gasteiger partial charge in [0.15, 0.2) is 11.5 Å². The Balaban J connectivity index is 1.50. The van der Waals surface area contributed by atoms with E-state index in [0.717, 1.165) is 35.8 Å². The second-order valence-electron chi connectivity index (χ2n) is 6.71. The average Bonchev–Trinajstić information content (AvgIpc) is 2.74. The van der Waals surface area contributed by atoms with Crippen LogP contribution in [0, 0.1) is 0 Å². The predicted molar refractivity (Wildman–Crippen MR) is 103 cm³/mol. The summed E-state index contributed by atoms with van der Waals surface area (Å²) in [5, 5.41) is 3.11. The fourth-order valence-electron chi connectivity index (χ4n) is 3.43. The molecule has 2 aliphatic rings. The number of ether oxygens (including phenoxy) is 3. The molecule has 1 amide bonds. The van der Waals surface area contributed by atoms with Gasteiger partial charge in [-0.15, -0.1) is 0 Å². The molecule has 2 aliphatic heterocycles. The number of nitrogens with one attached hydrogen (secondary N) is 1. The third kappa shape index (κ3) is 3.85. The molecule has 27 heavy (non-hydrogen) atoms. The van der Waals surface area contributed by atoms with Gasteiger partial charge in [-0.2, -0.15) is 0 Å². The van der Waals surface area contributed by atoms with Gasteiger partial charge in [-0.3, -0.25) is 4.79 Å². The zero-order valence-electron chi connectivity index (χ0n) is 15.4. The van der Waals surface area contributed by atoms with E-state index >= 15 is 0 Å². The Kier molecular flexibility index (Phi) is 5.16. The van der Waals surface area contributed by atoms with E-state index in [-0.39, 0.29) is 11.9 Å². The smallest absolute Gasteiger partial charge is 0.253 e. The summed E-state index contributed by atoms with van der Waals surface area (Å²) >= 11 is 0. The number of para-hydroxylation sites is 1. The van der Waals surface area contributed by atoms with Crippen LogP contribution in [-0.4, -0.2) is 45.4 Å². The summed E-state index contributed by atoms with van der Waals surface area (Å²) < 4.78 is 16.6. The van der Waals surface area contributed by atoms with Crippen molar-refractivity contribution in [2.45, 2.75) is 13.0 Å². The first-order chi connectivity index (χ1) is 13.2. The normalized spacial score (nSPS) is 17.3. The highest BCUT2D eigenvalue weighted by atomic mass is 16.6. The Hall–Kier alpha value is -2.73. The summed E-state index contributed by atoms with van der Waals surface area (Å²) in [4.78, 5) is 15.2. The molecule has 0 aliphatic carbocycles. The summed E-state index contributed by atoms with van der Waals surface area (Å²) in [6.45, 7) is 6.04. The molecule has 2 aromatic carbocycles. The van der Waals surface area contributed by atoms with Crippen LogP contribution in [0.25, 0.3) is 0 Å². The Morgan fingerprint density at radius 3 is 2.56 bits per heavy atom. The Morgan fingerprint density at radius 1 is 1.00 bits per heavy atom. The standard InChI is InChI=1S/C21H24N2O4/c1-15(16-6-7-19-20(14-16)27-13-12-26-19)22-21(24)17-4-2-3-5-18(17)23-8-10-25-11-9-23/h2-7,14-15H,8-13H2,1H3,(H,22,24). The highest BCUT2D eigenvalue weighted by Crippen LogP contribution is 2.32. The number of morpholine rings is 1. The number of hydrogen-bond donors (Lipinski definition) is 1. The van der Waals surface area contributed by atoms with Crippen LogP contribution in [0.1, 0.15) is 28.9 Å². The van der Waals surface area contributed by atoms with Gasteiger partial charge in [0.25, 0.3) is 5.91 Å². The van der Waals surface area contributed by atoms with Crippen molar-refractivity contribution in [3.05, 3.63) is 53.6 Å². The van der Waals surface area contributed by atoms with Crippen molar-refractivity contribution in [2.75, 3.05) is 44.4 Å². The molecule has 0 saturated carbocycles. The van der Waals surface area contributed by atoms with Crippen molar-refractivity contribution < 1.29 is 19.0 Å². The highest BCUT2D eigenvalue weighted by Gasteiger charge is 2.21. The molecule has 6 heteroatoms. The Labute approximate surface area is 159 Å². The number of amides is 1. The molecule has 0 aromatic heterocycles. The van der Waals surface area contributed by atoms with Gasteiger partial charge in [-0.1, -0.05) is 18.2 Å². The fourth-order valence-corrected chi connectivity index (χ4v) is 3.43. The van der Waals surface area contributed by atoms with Crippen molar-refractivity contribution in [1.29, 1.82) is 0 Å². The van der Waals surface area contributed by atoms with E-state index in [1.165, 1.54) is 0 Å². The van der Waals surface area contributed by atoms with Crippen LogP contribution >= 0.6 is 0 Å². The van der Waals surface area contributed by atoms with Crippen LogP contribution in [0.3, 0.4) is 0 Å². The molecule has 1 atom stereocenters. The zero-order valence-corrected chi connectivity index (χ0v) is 15.4. The van der Waals surface area contributed by atoms with Gasteiger partial charge in [0.2, 0.25) is 0 Å². The molecule has 1 saturated heterocycles. The van der Waals surface area contributed by atoms with Crippen LogP contribution in [0.5, 0.6) is 11.5 Å². The number of rotatable bonds is 4. The minimum Gasteiger partial charge on any atom is -0.486 e. The fraction of sp³-hybridized carbons (Fsp3) is 0.381. The monoisotopic (exact) mass is 368 g/mol. The van der Waals surface area contributed by atoms with E-state index in [4.69, 9.17) is 14.2 Å². The second kappa shape index (κ2) is 7.88. The van der Waals surface area contributed by atoms with Crippen molar-refractivity contribution in [1.82, 2.24) is 5.32 Å². The molecule has 4 rings (SSSR count). The summed E-state index contributed by atoms with van der Waals surface area (Å²) in [5.41, 5.74) is 2.62. The van der Waals surface area contributed by atoms with Crippen LogP contribution in [0.4, 0.5) is 5.69 Å². The lowest BCUT2D eigenvalue weighted by Crippen LogP contribution is -2.38. The number of nitrogens with zero attached hydrogens (tertiary/aromatic N) is 1. The van der Waals surface area contributed by atoms with E-state index in [0.29, 0.717) is 32.0 Å². The first kappa shape index (κ1) is 17.7. The van der Waals surface area contributed by atoms with Crippen LogP contribution in [0.2, 0.25) is 0 Å². The van der Waals surface area contributed by atoms with E-state index in [2.05, 4.69) is 10.2 Å². The molecule has 6 nitrogen and oxygen atoms in total. The van der Waals surface area contributed by atoms with Crippen molar-refractivity contribution in [3.8, 4) is 11.5 Å². The molecule has 2 heterocycles. The first-order valence-electron chi connectivity index (χ1n) is 9.34. The van der Waals surface area contributed by atoms with E-state index in [1.807, 2.05) is 49.4 Å². The molecule has 0 radical (unpaired) electrons. The number of carbonyl (C=O) groups excluding carboxylic acids is 1. The predicted octanol–water partition coefficient (Wildman–Crippen LogP) is 2.79. The second-order valence-corrected chi connectivity index (χ2v) is 6.71. The van der Waals surface area contributed by atoms with Gasteiger partial charge in [-0.05, 0) is 36.8 Å². The van der Waals surface area contributed by atoms with E-state index < -0.39 is 0 Å². The van der Waals surface area contributed by atoms with Crippen LogP contribution < -0.4 is 19.7 Å². The summed E-state index contributed by atoms with van der Waals surface area (Å²) in [6.07, 6.45) is 0. The number of hydrogen-bond acceptors (Lipinski definition) is 5. The zero-order chi connectivity index (χ0) is 18.6. The molecule has 1 N–H and O–H groups in total. The van der Waals surface area contributed by atoms with Crippen molar-refractivity contribution in [3.63, 3.8) is 0 Å². The lowest BCUT2D eigenvalue weighted by Gasteiger charge is -2.30. The Morgan fingerprint density at radius 2 is 1.74 bits per heavy atom. The van der Waals surface area contributed by atoms with Gasteiger partial charge in [0.05, 0.1) is 24.8 Å². The SMILES string of the molecule is CC(NC(=O)c1ccccc1N1CCOCC1)c1ccc2c(c1)OCCO2. The molecule has 0 bridgehead atoms. The minimum atomic E-state index is -0.147. The van der Waals surface area contributed by atoms with Gasteiger partial charge < -0.3 is 24.4 Å². The largest absolute Gasteiger partial charge is 0.486 e. The van der Waals surface area contributed by atoms with Crippen LogP contribution in [0.15, 0.2) is 42.5 Å². The minimum absolute atomic E-state index is 0.0838. The van der Waals surface area contributed by atoms with Gasteiger partial charge >= 0.3 is 0 Å². The lowest BCUT2D eigenvalue weighted by atomic mass is 10.1. The molecule has 0 spiro atoms. The molecular weight excluding hydrogens is 344 g/mol. The highest BCUT2D eigenvalue weighted by molar-refractivity contribution is 6.00. The molecule has 1 unspecified atom stereocenters. The average molecular weight is 368 g/mol. The third-order valence-corrected chi connectivity index (χ3v) is 4.91. The van der Waals surface area contributed by atoms with Gasteiger partial charge in [-0.25, -0.2) is 0 Å². The van der Waals surface area contributed by atoms with Crippen molar-refractivity contribution in [2.24, 2.45) is 0 Å². The number of fused-ring (bicyclic) bond motifs is 1. The Bertz CT molecular complexity index is 818.